The molecule has 110 valence electrons. The van der Waals surface area contributed by atoms with Crippen molar-refractivity contribution in [2.24, 2.45) is 0 Å². The SMILES string of the molecule is O=CC(=O)c1cn(CCc2ccc(Cl)cc2)c2ccccc12. The average molecular weight is 312 g/mol. The largest absolute Gasteiger partial charge is 0.346 e. The molecule has 0 atom stereocenters. The zero-order valence-corrected chi connectivity index (χ0v) is 12.6. The Morgan fingerprint density at radius 3 is 2.55 bits per heavy atom. The summed E-state index contributed by atoms with van der Waals surface area (Å²) in [5, 5.41) is 1.53. The van der Waals surface area contributed by atoms with Gasteiger partial charge in [0.05, 0.1) is 5.56 Å². The number of ketones is 1. The molecule has 0 fully saturated rings. The van der Waals surface area contributed by atoms with Crippen molar-refractivity contribution in [1.29, 1.82) is 0 Å². The van der Waals surface area contributed by atoms with Gasteiger partial charge in [-0.25, -0.2) is 0 Å². The Hall–Kier alpha value is -2.39. The molecule has 22 heavy (non-hydrogen) atoms. The molecular formula is C18H14ClNO2. The molecule has 0 radical (unpaired) electrons. The maximum absolute atomic E-state index is 11.8. The van der Waals surface area contributed by atoms with Gasteiger partial charge < -0.3 is 4.57 Å². The van der Waals surface area contributed by atoms with E-state index in [0.29, 0.717) is 16.9 Å². The van der Waals surface area contributed by atoms with Gasteiger partial charge in [0.1, 0.15) is 0 Å². The van der Waals surface area contributed by atoms with Crippen molar-refractivity contribution >= 4 is 34.6 Å². The van der Waals surface area contributed by atoms with Crippen LogP contribution in [0.1, 0.15) is 15.9 Å². The normalized spacial score (nSPS) is 10.8. The van der Waals surface area contributed by atoms with E-state index in [9.17, 15) is 9.59 Å². The average Bonchev–Trinajstić information content (AvgIpc) is 2.93. The number of aryl methyl sites for hydroxylation is 2. The highest BCUT2D eigenvalue weighted by Gasteiger charge is 2.13. The van der Waals surface area contributed by atoms with Crippen molar-refractivity contribution < 1.29 is 9.59 Å². The first kappa shape index (κ1) is 14.5. The molecule has 0 saturated heterocycles. The Morgan fingerprint density at radius 2 is 1.82 bits per heavy atom. The number of carbonyl (C=O) groups excluding carboxylic acids is 2. The van der Waals surface area contributed by atoms with Gasteiger partial charge in [0.15, 0.2) is 6.29 Å². The summed E-state index contributed by atoms with van der Waals surface area (Å²) in [6.07, 6.45) is 2.95. The van der Waals surface area contributed by atoms with E-state index in [2.05, 4.69) is 0 Å². The molecule has 1 aromatic heterocycles. The van der Waals surface area contributed by atoms with E-state index in [1.165, 1.54) is 5.56 Å². The lowest BCUT2D eigenvalue weighted by molar-refractivity contribution is -0.104. The third-order valence-electron chi connectivity index (χ3n) is 3.72. The maximum Gasteiger partial charge on any atom is 0.227 e. The van der Waals surface area contributed by atoms with Crippen LogP contribution in [-0.2, 0) is 17.8 Å². The molecule has 0 saturated carbocycles. The molecule has 1 heterocycles. The minimum atomic E-state index is -0.485. The first-order valence-corrected chi connectivity index (χ1v) is 7.38. The zero-order chi connectivity index (χ0) is 15.5. The molecule has 0 aliphatic rings. The van der Waals surface area contributed by atoms with Crippen LogP contribution in [0.3, 0.4) is 0 Å². The van der Waals surface area contributed by atoms with Crippen molar-refractivity contribution in [3.63, 3.8) is 0 Å². The fourth-order valence-electron chi connectivity index (χ4n) is 2.59. The predicted octanol–water partition coefficient (Wildman–Crippen LogP) is 3.92. The molecule has 0 aliphatic carbocycles. The molecule has 0 aliphatic heterocycles. The summed E-state index contributed by atoms with van der Waals surface area (Å²) >= 11 is 5.89. The molecule has 3 rings (SSSR count). The van der Waals surface area contributed by atoms with Crippen molar-refractivity contribution in [2.75, 3.05) is 0 Å². The summed E-state index contributed by atoms with van der Waals surface area (Å²) in [5.74, 6) is -0.485. The Kier molecular flexibility index (Phi) is 4.07. The van der Waals surface area contributed by atoms with Gasteiger partial charge in [-0.1, -0.05) is 41.9 Å². The van der Waals surface area contributed by atoms with Crippen LogP contribution in [0, 0.1) is 0 Å². The van der Waals surface area contributed by atoms with Crippen LogP contribution in [0.2, 0.25) is 5.02 Å². The Morgan fingerprint density at radius 1 is 1.09 bits per heavy atom. The standard InChI is InChI=1S/C18H14ClNO2/c19-14-7-5-13(6-8-14)9-10-20-11-16(18(22)12-21)15-3-1-2-4-17(15)20/h1-8,11-12H,9-10H2. The molecule has 2 aromatic carbocycles. The predicted molar refractivity (Wildman–Crippen MR) is 87.5 cm³/mol. The van der Waals surface area contributed by atoms with E-state index >= 15 is 0 Å². The second kappa shape index (κ2) is 6.16. The third kappa shape index (κ3) is 2.81. The van der Waals surface area contributed by atoms with Gasteiger partial charge in [-0.05, 0) is 30.2 Å². The van der Waals surface area contributed by atoms with Crippen LogP contribution in [0.25, 0.3) is 10.9 Å². The van der Waals surface area contributed by atoms with E-state index in [1.807, 2.05) is 53.1 Å². The number of halogens is 1. The summed E-state index contributed by atoms with van der Waals surface area (Å²) in [7, 11) is 0. The van der Waals surface area contributed by atoms with Crippen molar-refractivity contribution in [3.8, 4) is 0 Å². The summed E-state index contributed by atoms with van der Waals surface area (Å²) in [4.78, 5) is 22.6. The highest BCUT2D eigenvalue weighted by atomic mass is 35.5. The van der Waals surface area contributed by atoms with Gasteiger partial charge in [-0.15, -0.1) is 0 Å². The second-order valence-electron chi connectivity index (χ2n) is 5.11. The number of Topliss-reactive ketones (excluding diaryl/α,β-unsaturated/α-hetero) is 1. The van der Waals surface area contributed by atoms with E-state index in [1.54, 1.807) is 6.20 Å². The smallest absolute Gasteiger partial charge is 0.227 e. The summed E-state index contributed by atoms with van der Waals surface area (Å²) in [6, 6.07) is 15.3. The van der Waals surface area contributed by atoms with Gasteiger partial charge >= 0.3 is 0 Å². The first-order chi connectivity index (χ1) is 10.7. The number of hydrogen-bond acceptors (Lipinski definition) is 2. The Labute approximate surface area is 133 Å². The second-order valence-corrected chi connectivity index (χ2v) is 5.55. The van der Waals surface area contributed by atoms with Gasteiger partial charge in [0.25, 0.3) is 0 Å². The minimum Gasteiger partial charge on any atom is -0.346 e. The van der Waals surface area contributed by atoms with E-state index in [-0.39, 0.29) is 0 Å². The number of hydrogen-bond donors (Lipinski definition) is 0. The minimum absolute atomic E-state index is 0.366. The third-order valence-corrected chi connectivity index (χ3v) is 3.97. The van der Waals surface area contributed by atoms with Gasteiger partial charge in [0.2, 0.25) is 5.78 Å². The van der Waals surface area contributed by atoms with Crippen LogP contribution in [0.5, 0.6) is 0 Å². The highest BCUT2D eigenvalue weighted by molar-refractivity contribution is 6.36. The highest BCUT2D eigenvalue weighted by Crippen LogP contribution is 2.22. The fourth-order valence-corrected chi connectivity index (χ4v) is 2.72. The van der Waals surface area contributed by atoms with Gasteiger partial charge in [-0.2, -0.15) is 0 Å². The molecule has 4 heteroatoms. The molecule has 0 bridgehead atoms. The van der Waals surface area contributed by atoms with Crippen molar-refractivity contribution in [2.45, 2.75) is 13.0 Å². The zero-order valence-electron chi connectivity index (χ0n) is 11.8. The van der Waals surface area contributed by atoms with Crippen LogP contribution >= 0.6 is 11.6 Å². The number of rotatable bonds is 5. The molecule has 0 N–H and O–H groups in total. The molecular weight excluding hydrogens is 298 g/mol. The van der Waals surface area contributed by atoms with Crippen LogP contribution < -0.4 is 0 Å². The summed E-state index contributed by atoms with van der Waals surface area (Å²) < 4.78 is 2.01. The fraction of sp³-hybridized carbons (Fsp3) is 0.111. The molecule has 3 nitrogen and oxygen atoms in total. The van der Waals surface area contributed by atoms with Crippen LogP contribution in [-0.4, -0.2) is 16.6 Å². The van der Waals surface area contributed by atoms with Crippen molar-refractivity contribution in [1.82, 2.24) is 4.57 Å². The maximum atomic E-state index is 11.8. The Balaban J connectivity index is 1.92. The van der Waals surface area contributed by atoms with Crippen LogP contribution in [0.15, 0.2) is 54.7 Å². The molecule has 0 amide bonds. The number of benzene rings is 2. The number of aromatic nitrogens is 1. The molecule has 0 unspecified atom stereocenters. The first-order valence-electron chi connectivity index (χ1n) is 7.01. The number of aldehydes is 1. The number of nitrogens with zero attached hydrogens (tertiary/aromatic N) is 1. The number of fused-ring (bicyclic) bond motifs is 1. The molecule has 0 spiro atoms. The quantitative estimate of drug-likeness (QED) is 0.407. The van der Waals surface area contributed by atoms with Crippen LogP contribution in [0.4, 0.5) is 0 Å². The van der Waals surface area contributed by atoms with E-state index in [0.717, 1.165) is 23.9 Å². The summed E-state index contributed by atoms with van der Waals surface area (Å²) in [6.45, 7) is 0.730. The molecule has 3 aromatic rings. The van der Waals surface area contributed by atoms with Gasteiger partial charge in [-0.3, -0.25) is 9.59 Å². The van der Waals surface area contributed by atoms with Gasteiger partial charge in [0, 0.05) is 28.7 Å². The summed E-state index contributed by atoms with van der Waals surface area (Å²) in [5.41, 5.74) is 2.59. The Bertz CT molecular complexity index is 834. The topological polar surface area (TPSA) is 39.1 Å². The van der Waals surface area contributed by atoms with E-state index < -0.39 is 5.78 Å². The monoisotopic (exact) mass is 311 g/mol. The number of carbonyl (C=O) groups is 2. The lowest BCUT2D eigenvalue weighted by Gasteiger charge is -2.05. The van der Waals surface area contributed by atoms with E-state index in [4.69, 9.17) is 11.6 Å². The lowest BCUT2D eigenvalue weighted by Crippen LogP contribution is -2.01. The van der Waals surface area contributed by atoms with Crippen molar-refractivity contribution in [3.05, 3.63) is 70.9 Å². The lowest BCUT2D eigenvalue weighted by atomic mass is 10.1. The number of para-hydroxylation sites is 1.